The van der Waals surface area contributed by atoms with Gasteiger partial charge in [-0.3, -0.25) is 0 Å². The van der Waals surface area contributed by atoms with Crippen LogP contribution in [0.2, 0.25) is 0 Å². The average molecular weight is 180 g/mol. The van der Waals surface area contributed by atoms with E-state index in [9.17, 15) is 0 Å². The SMILES string of the molecule is COc1cccc(OC2CNC2)n1. The molecule has 0 aromatic carbocycles. The lowest BCUT2D eigenvalue weighted by atomic mass is 10.2. The van der Waals surface area contributed by atoms with E-state index in [0.717, 1.165) is 13.1 Å². The van der Waals surface area contributed by atoms with Gasteiger partial charge in [0.25, 0.3) is 0 Å². The number of hydrogen-bond acceptors (Lipinski definition) is 4. The zero-order chi connectivity index (χ0) is 9.10. The molecule has 1 N–H and O–H groups in total. The fraction of sp³-hybridized carbons (Fsp3) is 0.444. The first-order valence-corrected chi connectivity index (χ1v) is 4.27. The number of aromatic nitrogens is 1. The summed E-state index contributed by atoms with van der Waals surface area (Å²) in [5.41, 5.74) is 0. The van der Waals surface area contributed by atoms with Gasteiger partial charge in [0.1, 0.15) is 6.10 Å². The van der Waals surface area contributed by atoms with Crippen LogP contribution in [0, 0.1) is 0 Å². The van der Waals surface area contributed by atoms with Crippen LogP contribution in [0.25, 0.3) is 0 Å². The van der Waals surface area contributed by atoms with Gasteiger partial charge in [0.15, 0.2) is 0 Å². The quantitative estimate of drug-likeness (QED) is 0.733. The Hall–Kier alpha value is -1.29. The highest BCUT2D eigenvalue weighted by molar-refractivity contribution is 5.20. The summed E-state index contributed by atoms with van der Waals surface area (Å²) in [6, 6.07) is 5.50. The third kappa shape index (κ3) is 1.89. The number of ether oxygens (including phenoxy) is 2. The normalized spacial score (nSPS) is 16.4. The molecule has 1 fully saturated rings. The summed E-state index contributed by atoms with van der Waals surface area (Å²) in [7, 11) is 1.59. The van der Waals surface area contributed by atoms with Crippen LogP contribution in [0.3, 0.4) is 0 Å². The summed E-state index contributed by atoms with van der Waals surface area (Å²) in [5, 5.41) is 3.13. The fourth-order valence-electron chi connectivity index (χ4n) is 1.09. The predicted molar refractivity (Wildman–Crippen MR) is 48.1 cm³/mol. The summed E-state index contributed by atoms with van der Waals surface area (Å²) < 4.78 is 10.5. The molecule has 0 spiro atoms. The zero-order valence-electron chi connectivity index (χ0n) is 7.49. The second kappa shape index (κ2) is 3.62. The molecule has 4 heteroatoms. The van der Waals surface area contributed by atoms with Crippen LogP contribution >= 0.6 is 0 Å². The first-order chi connectivity index (χ1) is 6.38. The van der Waals surface area contributed by atoms with Crippen molar-refractivity contribution >= 4 is 0 Å². The number of methoxy groups -OCH3 is 1. The molecule has 0 atom stereocenters. The fourth-order valence-corrected chi connectivity index (χ4v) is 1.09. The van der Waals surface area contributed by atoms with Crippen molar-refractivity contribution in [3.63, 3.8) is 0 Å². The Balaban J connectivity index is 2.01. The van der Waals surface area contributed by atoms with E-state index in [-0.39, 0.29) is 6.10 Å². The number of hydrogen-bond donors (Lipinski definition) is 1. The van der Waals surface area contributed by atoms with E-state index in [4.69, 9.17) is 9.47 Å². The summed E-state index contributed by atoms with van der Waals surface area (Å²) in [4.78, 5) is 4.14. The molecule has 1 aliphatic heterocycles. The van der Waals surface area contributed by atoms with E-state index < -0.39 is 0 Å². The van der Waals surface area contributed by atoms with Gasteiger partial charge in [0.2, 0.25) is 11.8 Å². The van der Waals surface area contributed by atoms with Crippen molar-refractivity contribution in [2.75, 3.05) is 20.2 Å². The maximum Gasteiger partial charge on any atom is 0.216 e. The molecule has 2 heterocycles. The number of nitrogens with one attached hydrogen (secondary N) is 1. The Labute approximate surface area is 76.9 Å². The molecular formula is C9H12N2O2. The lowest BCUT2D eigenvalue weighted by molar-refractivity contribution is 0.135. The smallest absolute Gasteiger partial charge is 0.216 e. The number of rotatable bonds is 3. The van der Waals surface area contributed by atoms with Crippen molar-refractivity contribution in [3.8, 4) is 11.8 Å². The van der Waals surface area contributed by atoms with E-state index in [1.54, 1.807) is 13.2 Å². The molecule has 0 unspecified atom stereocenters. The summed E-state index contributed by atoms with van der Waals surface area (Å²) in [5.74, 6) is 1.22. The highest BCUT2D eigenvalue weighted by Crippen LogP contribution is 2.14. The molecule has 0 radical (unpaired) electrons. The van der Waals surface area contributed by atoms with E-state index in [2.05, 4.69) is 10.3 Å². The molecule has 2 rings (SSSR count). The maximum atomic E-state index is 5.54. The Morgan fingerprint density at radius 2 is 2.15 bits per heavy atom. The Morgan fingerprint density at radius 3 is 2.77 bits per heavy atom. The highest BCUT2D eigenvalue weighted by Gasteiger charge is 2.18. The van der Waals surface area contributed by atoms with Crippen LogP contribution in [0.1, 0.15) is 0 Å². The van der Waals surface area contributed by atoms with Gasteiger partial charge in [-0.15, -0.1) is 0 Å². The molecule has 1 aliphatic rings. The monoisotopic (exact) mass is 180 g/mol. The van der Waals surface area contributed by atoms with E-state index >= 15 is 0 Å². The first kappa shape index (κ1) is 8.31. The van der Waals surface area contributed by atoms with Crippen LogP contribution in [0.4, 0.5) is 0 Å². The average Bonchev–Trinajstić information content (AvgIpc) is 2.12. The van der Waals surface area contributed by atoms with Gasteiger partial charge in [-0.1, -0.05) is 6.07 Å². The van der Waals surface area contributed by atoms with Gasteiger partial charge in [-0.2, -0.15) is 4.98 Å². The molecular weight excluding hydrogens is 168 g/mol. The molecule has 70 valence electrons. The van der Waals surface area contributed by atoms with Crippen molar-refractivity contribution in [3.05, 3.63) is 18.2 Å². The third-order valence-electron chi connectivity index (χ3n) is 1.94. The predicted octanol–water partition coefficient (Wildman–Crippen LogP) is 0.441. The van der Waals surface area contributed by atoms with E-state index in [0.29, 0.717) is 11.8 Å². The molecule has 0 bridgehead atoms. The maximum absolute atomic E-state index is 5.54. The van der Waals surface area contributed by atoms with Crippen LogP contribution in [0.15, 0.2) is 18.2 Å². The minimum atomic E-state index is 0.264. The van der Waals surface area contributed by atoms with Gasteiger partial charge in [-0.25, -0.2) is 0 Å². The van der Waals surface area contributed by atoms with Crippen LogP contribution in [-0.2, 0) is 0 Å². The lowest BCUT2D eigenvalue weighted by Crippen LogP contribution is -2.50. The minimum Gasteiger partial charge on any atom is -0.481 e. The highest BCUT2D eigenvalue weighted by atomic mass is 16.5. The van der Waals surface area contributed by atoms with Gasteiger partial charge in [0.05, 0.1) is 7.11 Å². The minimum absolute atomic E-state index is 0.264. The van der Waals surface area contributed by atoms with Gasteiger partial charge >= 0.3 is 0 Å². The first-order valence-electron chi connectivity index (χ1n) is 4.27. The van der Waals surface area contributed by atoms with Gasteiger partial charge in [0, 0.05) is 25.2 Å². The van der Waals surface area contributed by atoms with Crippen LogP contribution in [-0.4, -0.2) is 31.3 Å². The molecule has 0 aliphatic carbocycles. The second-order valence-electron chi connectivity index (χ2n) is 2.92. The summed E-state index contributed by atoms with van der Waals surface area (Å²) in [6.45, 7) is 1.80. The Bertz CT molecular complexity index is 287. The number of pyridine rings is 1. The zero-order valence-corrected chi connectivity index (χ0v) is 7.49. The second-order valence-corrected chi connectivity index (χ2v) is 2.92. The molecule has 1 aromatic heterocycles. The Morgan fingerprint density at radius 1 is 1.38 bits per heavy atom. The van der Waals surface area contributed by atoms with Crippen LogP contribution < -0.4 is 14.8 Å². The standard InChI is InChI=1S/C9H12N2O2/c1-12-8-3-2-4-9(11-8)13-7-5-10-6-7/h2-4,7,10H,5-6H2,1H3. The topological polar surface area (TPSA) is 43.4 Å². The third-order valence-corrected chi connectivity index (χ3v) is 1.94. The van der Waals surface area contributed by atoms with Gasteiger partial charge in [-0.05, 0) is 0 Å². The molecule has 1 saturated heterocycles. The van der Waals surface area contributed by atoms with Crippen molar-refractivity contribution < 1.29 is 9.47 Å². The van der Waals surface area contributed by atoms with Crippen molar-refractivity contribution in [2.24, 2.45) is 0 Å². The summed E-state index contributed by atoms with van der Waals surface area (Å²) >= 11 is 0. The Kier molecular flexibility index (Phi) is 2.31. The molecule has 0 amide bonds. The van der Waals surface area contributed by atoms with E-state index in [1.165, 1.54) is 0 Å². The van der Waals surface area contributed by atoms with Crippen molar-refractivity contribution in [1.82, 2.24) is 10.3 Å². The van der Waals surface area contributed by atoms with Crippen molar-refractivity contribution in [1.29, 1.82) is 0 Å². The van der Waals surface area contributed by atoms with Gasteiger partial charge < -0.3 is 14.8 Å². The largest absolute Gasteiger partial charge is 0.481 e. The lowest BCUT2D eigenvalue weighted by Gasteiger charge is -2.27. The van der Waals surface area contributed by atoms with Crippen LogP contribution in [0.5, 0.6) is 11.8 Å². The van der Waals surface area contributed by atoms with Crippen molar-refractivity contribution in [2.45, 2.75) is 6.10 Å². The molecule has 13 heavy (non-hydrogen) atoms. The van der Waals surface area contributed by atoms with E-state index in [1.807, 2.05) is 12.1 Å². The molecule has 4 nitrogen and oxygen atoms in total. The molecule has 0 saturated carbocycles. The summed E-state index contributed by atoms with van der Waals surface area (Å²) in [6.07, 6.45) is 0.264. The molecule has 1 aromatic rings. The number of nitrogens with zero attached hydrogens (tertiary/aromatic N) is 1.